The number of benzene rings is 3. The van der Waals surface area contributed by atoms with Crippen molar-refractivity contribution in [3.05, 3.63) is 78.0 Å². The molecule has 0 bridgehead atoms. The Morgan fingerprint density at radius 1 is 1.00 bits per heavy atom. The van der Waals surface area contributed by atoms with Gasteiger partial charge in [0.2, 0.25) is 5.95 Å². The lowest BCUT2D eigenvalue weighted by atomic mass is 9.92. The molecule has 1 fully saturated rings. The molecule has 5 rings (SSSR count). The summed E-state index contributed by atoms with van der Waals surface area (Å²) in [4.78, 5) is 9.71. The molecule has 0 radical (unpaired) electrons. The summed E-state index contributed by atoms with van der Waals surface area (Å²) in [6.07, 6.45) is 6.87. The van der Waals surface area contributed by atoms with E-state index in [1.807, 2.05) is 25.3 Å². The minimum absolute atomic E-state index is 0.236. The van der Waals surface area contributed by atoms with Crippen LogP contribution in [0.2, 0.25) is 0 Å². The van der Waals surface area contributed by atoms with Crippen LogP contribution in [0.15, 0.2) is 71.8 Å². The number of hydrogen-bond acceptors (Lipinski definition) is 6. The number of rotatable bonds is 7. The van der Waals surface area contributed by atoms with Crippen molar-refractivity contribution in [3.8, 4) is 11.1 Å². The van der Waals surface area contributed by atoms with Gasteiger partial charge in [0.25, 0.3) is 10.0 Å². The number of nitrogens with one attached hydrogen (secondary N) is 2. The van der Waals surface area contributed by atoms with Gasteiger partial charge in [0.05, 0.1) is 10.4 Å². The zero-order chi connectivity index (χ0) is 26.0. The molecular weight excluding hydrogens is 482 g/mol. The third-order valence-corrected chi connectivity index (χ3v) is 8.49. The highest BCUT2D eigenvalue weighted by Crippen LogP contribution is 2.32. The Labute approximate surface area is 218 Å². The maximum Gasteiger partial charge on any atom is 0.261 e. The van der Waals surface area contributed by atoms with Crippen LogP contribution in [-0.2, 0) is 16.4 Å². The monoisotopic (exact) mass is 515 g/mol. The van der Waals surface area contributed by atoms with Gasteiger partial charge in [-0.3, -0.25) is 4.72 Å². The van der Waals surface area contributed by atoms with Gasteiger partial charge in [0.1, 0.15) is 0 Å². The highest BCUT2D eigenvalue weighted by Gasteiger charge is 2.20. The summed E-state index contributed by atoms with van der Waals surface area (Å²) in [6, 6.07) is 19.0. The van der Waals surface area contributed by atoms with E-state index >= 15 is 0 Å². The zero-order valence-corrected chi connectivity index (χ0v) is 22.1. The summed E-state index contributed by atoms with van der Waals surface area (Å²) in [5.74, 6) is 0.668. The average Bonchev–Trinajstić information content (AvgIpc) is 2.90. The standard InChI is InChI=1S/C29H33N5O2S/c1-3-20-16-21(17-22-18-31-29(33-28(20)22)32-24-11-9-23(30)10-12-24)27-14-13-25(15-19(27)2)34-37(35,36)26-7-5-4-6-8-26/h4-8,13-18,23-24,34H,3,9-12,30H2,1-2H3,(H,31,32,33)/t23-,24-. The van der Waals surface area contributed by atoms with Crippen molar-refractivity contribution in [1.29, 1.82) is 0 Å². The van der Waals surface area contributed by atoms with Gasteiger partial charge in [-0.15, -0.1) is 0 Å². The van der Waals surface area contributed by atoms with Crippen molar-refractivity contribution in [2.24, 2.45) is 5.73 Å². The number of fused-ring (bicyclic) bond motifs is 1. The third-order valence-electron chi connectivity index (χ3n) is 7.09. The summed E-state index contributed by atoms with van der Waals surface area (Å²) in [7, 11) is -3.64. The number of hydrogen-bond donors (Lipinski definition) is 3. The van der Waals surface area contributed by atoms with Gasteiger partial charge in [-0.25, -0.2) is 18.4 Å². The second-order valence-electron chi connectivity index (χ2n) is 9.82. The third kappa shape index (κ3) is 5.60. The highest BCUT2D eigenvalue weighted by molar-refractivity contribution is 7.92. The normalized spacial score (nSPS) is 18.0. The first-order valence-electron chi connectivity index (χ1n) is 12.8. The fraction of sp³-hybridized carbons (Fsp3) is 0.310. The van der Waals surface area contributed by atoms with Gasteiger partial charge < -0.3 is 11.1 Å². The molecule has 1 aromatic heterocycles. The summed E-state index contributed by atoms with van der Waals surface area (Å²) in [5.41, 5.74) is 11.8. The van der Waals surface area contributed by atoms with E-state index in [1.165, 1.54) is 0 Å². The molecule has 4 N–H and O–H groups in total. The quantitative estimate of drug-likeness (QED) is 0.293. The van der Waals surface area contributed by atoms with E-state index in [-0.39, 0.29) is 4.90 Å². The predicted octanol–water partition coefficient (Wildman–Crippen LogP) is 5.65. The SMILES string of the molecule is CCc1cc(-c2ccc(NS(=O)(=O)c3ccccc3)cc2C)cc2cnc(N[C@H]3CC[C@H](N)CC3)nc12. The summed E-state index contributed by atoms with van der Waals surface area (Å²) in [6.45, 7) is 4.12. The van der Waals surface area contributed by atoms with Crippen molar-refractivity contribution in [3.63, 3.8) is 0 Å². The van der Waals surface area contributed by atoms with Crippen LogP contribution in [0.3, 0.4) is 0 Å². The van der Waals surface area contributed by atoms with Crippen LogP contribution in [0, 0.1) is 6.92 Å². The molecule has 192 valence electrons. The lowest BCUT2D eigenvalue weighted by molar-refractivity contribution is 0.410. The number of aromatic nitrogens is 2. The highest BCUT2D eigenvalue weighted by atomic mass is 32.2. The second-order valence-corrected chi connectivity index (χ2v) is 11.5. The summed E-state index contributed by atoms with van der Waals surface area (Å²) < 4.78 is 28.1. The molecule has 3 aromatic carbocycles. The van der Waals surface area contributed by atoms with Gasteiger partial charge in [-0.2, -0.15) is 0 Å². The lowest BCUT2D eigenvalue weighted by Gasteiger charge is -2.26. The molecule has 7 nitrogen and oxygen atoms in total. The van der Waals surface area contributed by atoms with Gasteiger partial charge >= 0.3 is 0 Å². The molecule has 8 heteroatoms. The maximum absolute atomic E-state index is 12.7. The van der Waals surface area contributed by atoms with E-state index in [0.717, 1.165) is 65.3 Å². The molecule has 4 aromatic rings. The largest absolute Gasteiger partial charge is 0.351 e. The van der Waals surface area contributed by atoms with E-state index in [2.05, 4.69) is 34.1 Å². The first-order valence-corrected chi connectivity index (χ1v) is 14.3. The molecule has 37 heavy (non-hydrogen) atoms. The molecule has 0 unspecified atom stereocenters. The van der Waals surface area contributed by atoms with Gasteiger partial charge in [0.15, 0.2) is 0 Å². The zero-order valence-electron chi connectivity index (χ0n) is 21.2. The Kier molecular flexibility index (Phi) is 7.13. The van der Waals surface area contributed by atoms with E-state index in [0.29, 0.717) is 23.7 Å². The van der Waals surface area contributed by atoms with Crippen LogP contribution >= 0.6 is 0 Å². The fourth-order valence-corrected chi connectivity index (χ4v) is 6.10. The Bertz CT molecular complexity index is 1510. The van der Waals surface area contributed by atoms with Crippen molar-refractivity contribution >= 4 is 32.6 Å². The topological polar surface area (TPSA) is 110 Å². The minimum atomic E-state index is -3.64. The van der Waals surface area contributed by atoms with Crippen molar-refractivity contribution < 1.29 is 8.42 Å². The first kappa shape index (κ1) is 25.2. The number of sulfonamides is 1. The number of anilines is 2. The van der Waals surface area contributed by atoms with Crippen LogP contribution in [0.1, 0.15) is 43.7 Å². The van der Waals surface area contributed by atoms with E-state index in [9.17, 15) is 8.42 Å². The molecular formula is C29H33N5O2S. The molecule has 1 aliphatic rings. The number of aryl methyl sites for hydroxylation is 2. The lowest BCUT2D eigenvalue weighted by Crippen LogP contribution is -2.33. The van der Waals surface area contributed by atoms with Crippen molar-refractivity contribution in [2.45, 2.75) is 62.9 Å². The Hall–Kier alpha value is -3.49. The molecule has 0 saturated heterocycles. The van der Waals surface area contributed by atoms with Gasteiger partial charge in [-0.05, 0) is 97.7 Å². The van der Waals surface area contributed by atoms with Crippen LogP contribution < -0.4 is 15.8 Å². The molecule has 1 saturated carbocycles. The molecule has 0 aliphatic heterocycles. The molecule has 0 amide bonds. The van der Waals surface area contributed by atoms with Crippen molar-refractivity contribution in [2.75, 3.05) is 10.0 Å². The number of nitrogens with zero attached hydrogens (tertiary/aromatic N) is 2. The predicted molar refractivity (Wildman–Crippen MR) is 150 cm³/mol. The smallest absolute Gasteiger partial charge is 0.261 e. The minimum Gasteiger partial charge on any atom is -0.351 e. The fourth-order valence-electron chi connectivity index (χ4n) is 5.02. The van der Waals surface area contributed by atoms with E-state index in [1.54, 1.807) is 36.4 Å². The molecule has 1 heterocycles. The van der Waals surface area contributed by atoms with E-state index < -0.39 is 10.0 Å². The first-order chi connectivity index (χ1) is 17.8. The summed E-state index contributed by atoms with van der Waals surface area (Å²) in [5, 5.41) is 4.49. The van der Waals surface area contributed by atoms with Crippen LogP contribution in [0.25, 0.3) is 22.0 Å². The molecule has 0 spiro atoms. The Morgan fingerprint density at radius 3 is 2.46 bits per heavy atom. The molecule has 1 aliphatic carbocycles. The van der Waals surface area contributed by atoms with Gasteiger partial charge in [0, 0.05) is 29.4 Å². The molecule has 0 atom stereocenters. The maximum atomic E-state index is 12.7. The Balaban J connectivity index is 1.41. The second kappa shape index (κ2) is 10.5. The van der Waals surface area contributed by atoms with Crippen LogP contribution in [0.5, 0.6) is 0 Å². The Morgan fingerprint density at radius 2 is 1.76 bits per heavy atom. The van der Waals surface area contributed by atoms with Crippen LogP contribution in [-0.4, -0.2) is 30.5 Å². The van der Waals surface area contributed by atoms with Gasteiger partial charge in [-0.1, -0.05) is 31.2 Å². The van der Waals surface area contributed by atoms with Crippen molar-refractivity contribution in [1.82, 2.24) is 9.97 Å². The summed E-state index contributed by atoms with van der Waals surface area (Å²) >= 11 is 0. The van der Waals surface area contributed by atoms with E-state index in [4.69, 9.17) is 10.7 Å². The number of nitrogens with two attached hydrogens (primary N) is 1. The average molecular weight is 516 g/mol. The van der Waals surface area contributed by atoms with Crippen LogP contribution in [0.4, 0.5) is 11.6 Å².